The first-order chi connectivity index (χ1) is 10.9. The van der Waals surface area contributed by atoms with Crippen molar-refractivity contribution in [2.75, 3.05) is 18.3 Å². The first-order valence-electron chi connectivity index (χ1n) is 7.04. The van der Waals surface area contributed by atoms with Gasteiger partial charge in [-0.2, -0.15) is 12.7 Å². The van der Waals surface area contributed by atoms with E-state index in [4.69, 9.17) is 5.73 Å². The molecular formula is C16H19N3O3S. The van der Waals surface area contributed by atoms with Gasteiger partial charge >= 0.3 is 10.2 Å². The molecule has 0 aliphatic carbocycles. The minimum atomic E-state index is -3.68. The second-order valence-electron chi connectivity index (χ2n) is 5.05. The molecule has 6 nitrogen and oxygen atoms in total. The maximum absolute atomic E-state index is 12.3. The minimum Gasteiger partial charge on any atom is -0.324 e. The lowest BCUT2D eigenvalue weighted by Crippen LogP contribution is -2.32. The summed E-state index contributed by atoms with van der Waals surface area (Å²) >= 11 is 0. The number of nitrogens with two attached hydrogens (primary N) is 1. The highest BCUT2D eigenvalue weighted by Gasteiger charge is 2.18. The molecule has 0 radical (unpaired) electrons. The van der Waals surface area contributed by atoms with Gasteiger partial charge in [-0.3, -0.25) is 9.52 Å². The Bertz CT molecular complexity index is 759. The van der Waals surface area contributed by atoms with Crippen LogP contribution < -0.4 is 10.5 Å². The zero-order valence-corrected chi connectivity index (χ0v) is 13.6. The van der Waals surface area contributed by atoms with Gasteiger partial charge in [-0.05, 0) is 29.8 Å². The molecule has 0 saturated carbocycles. The number of carbonyl (C=O) groups is 1. The molecule has 0 atom stereocenters. The highest BCUT2D eigenvalue weighted by atomic mass is 32.2. The van der Waals surface area contributed by atoms with Gasteiger partial charge in [0.1, 0.15) is 0 Å². The Morgan fingerprint density at radius 3 is 2.26 bits per heavy atom. The molecule has 2 rings (SSSR count). The van der Waals surface area contributed by atoms with Crippen molar-refractivity contribution in [3.63, 3.8) is 0 Å². The second kappa shape index (κ2) is 7.36. The van der Waals surface area contributed by atoms with Crippen LogP contribution >= 0.6 is 0 Å². The zero-order chi connectivity index (χ0) is 16.9. The highest BCUT2D eigenvalue weighted by molar-refractivity contribution is 7.90. The van der Waals surface area contributed by atoms with E-state index in [1.54, 1.807) is 12.1 Å². The molecule has 0 aliphatic heterocycles. The van der Waals surface area contributed by atoms with Crippen molar-refractivity contribution < 1.29 is 13.2 Å². The predicted octanol–water partition coefficient (Wildman–Crippen LogP) is 1.62. The van der Waals surface area contributed by atoms with Gasteiger partial charge in [0.05, 0.1) is 6.54 Å². The third kappa shape index (κ3) is 4.62. The van der Waals surface area contributed by atoms with Crippen molar-refractivity contribution in [3.8, 4) is 0 Å². The molecule has 2 aromatic rings. The lowest BCUT2D eigenvalue weighted by Gasteiger charge is -2.18. The fourth-order valence-electron chi connectivity index (χ4n) is 1.99. The number of nitrogens with one attached hydrogen (secondary N) is 1. The number of benzene rings is 2. The zero-order valence-electron chi connectivity index (χ0n) is 12.8. The molecule has 0 bridgehead atoms. The molecule has 23 heavy (non-hydrogen) atoms. The van der Waals surface area contributed by atoms with Crippen LogP contribution in [0.5, 0.6) is 0 Å². The summed E-state index contributed by atoms with van der Waals surface area (Å²) in [7, 11) is -2.17. The van der Waals surface area contributed by atoms with Crippen LogP contribution in [-0.2, 0) is 16.8 Å². The van der Waals surface area contributed by atoms with E-state index >= 15 is 0 Å². The lowest BCUT2D eigenvalue weighted by atomic mass is 10.1. The number of rotatable bonds is 7. The van der Waals surface area contributed by atoms with E-state index in [-0.39, 0.29) is 18.9 Å². The topological polar surface area (TPSA) is 92.5 Å². The molecule has 0 saturated heterocycles. The van der Waals surface area contributed by atoms with Gasteiger partial charge in [0.2, 0.25) is 0 Å². The van der Waals surface area contributed by atoms with Gasteiger partial charge in [0.15, 0.2) is 5.78 Å². The molecule has 2 aromatic carbocycles. The average molecular weight is 333 g/mol. The predicted molar refractivity (Wildman–Crippen MR) is 90.3 cm³/mol. The summed E-state index contributed by atoms with van der Waals surface area (Å²) in [4.78, 5) is 11.4. The maximum atomic E-state index is 12.3. The first-order valence-corrected chi connectivity index (χ1v) is 8.48. The fourth-order valence-corrected chi connectivity index (χ4v) is 2.90. The van der Waals surface area contributed by atoms with Crippen LogP contribution in [0.2, 0.25) is 0 Å². The van der Waals surface area contributed by atoms with Crippen LogP contribution in [0.1, 0.15) is 15.9 Å². The summed E-state index contributed by atoms with van der Waals surface area (Å²) in [6, 6.07) is 15.5. The molecule has 7 heteroatoms. The Morgan fingerprint density at radius 2 is 1.70 bits per heavy atom. The molecule has 0 amide bonds. The second-order valence-corrected chi connectivity index (χ2v) is 6.83. The summed E-state index contributed by atoms with van der Waals surface area (Å²) in [5.41, 5.74) is 7.02. The van der Waals surface area contributed by atoms with Crippen LogP contribution in [0.15, 0.2) is 54.6 Å². The monoisotopic (exact) mass is 333 g/mol. The van der Waals surface area contributed by atoms with Crippen molar-refractivity contribution in [1.29, 1.82) is 0 Å². The molecule has 0 unspecified atom stereocenters. The van der Waals surface area contributed by atoms with Gasteiger partial charge in [-0.25, -0.2) is 0 Å². The largest absolute Gasteiger partial charge is 0.324 e. The van der Waals surface area contributed by atoms with E-state index < -0.39 is 10.2 Å². The number of nitrogens with zero attached hydrogens (tertiary/aromatic N) is 1. The molecule has 0 spiro atoms. The Kier molecular flexibility index (Phi) is 5.49. The van der Waals surface area contributed by atoms with Crippen LogP contribution in [0, 0.1) is 0 Å². The number of hydrogen-bond donors (Lipinski definition) is 2. The SMILES string of the molecule is CN(Cc1ccccc1)S(=O)(=O)Nc1ccc(C(=O)CN)cc1. The standard InChI is InChI=1S/C16H19N3O3S/c1-19(12-13-5-3-2-4-6-13)23(21,22)18-15-9-7-14(8-10-15)16(20)11-17/h2-10,18H,11-12,17H2,1H3. The van der Waals surface area contributed by atoms with Crippen LogP contribution in [0.4, 0.5) is 5.69 Å². The lowest BCUT2D eigenvalue weighted by molar-refractivity contribution is 0.100. The van der Waals surface area contributed by atoms with Crippen molar-refractivity contribution in [3.05, 3.63) is 65.7 Å². The van der Waals surface area contributed by atoms with E-state index in [1.165, 1.54) is 23.5 Å². The summed E-state index contributed by atoms with van der Waals surface area (Å²) < 4.78 is 28.3. The maximum Gasteiger partial charge on any atom is 0.301 e. The van der Waals surface area contributed by atoms with E-state index in [0.717, 1.165) is 5.56 Å². The Hall–Kier alpha value is -2.22. The van der Waals surface area contributed by atoms with E-state index in [2.05, 4.69) is 4.72 Å². The van der Waals surface area contributed by atoms with Crippen molar-refractivity contribution in [1.82, 2.24) is 4.31 Å². The van der Waals surface area contributed by atoms with Gasteiger partial charge in [0, 0.05) is 24.8 Å². The number of Topliss-reactive ketones (excluding diaryl/α,β-unsaturated/α-hetero) is 1. The number of hydrogen-bond acceptors (Lipinski definition) is 4. The van der Waals surface area contributed by atoms with E-state index in [9.17, 15) is 13.2 Å². The third-order valence-corrected chi connectivity index (χ3v) is 4.74. The van der Waals surface area contributed by atoms with Gasteiger partial charge in [-0.1, -0.05) is 30.3 Å². The van der Waals surface area contributed by atoms with Gasteiger partial charge in [-0.15, -0.1) is 0 Å². The smallest absolute Gasteiger partial charge is 0.301 e. The number of anilines is 1. The van der Waals surface area contributed by atoms with Crippen molar-refractivity contribution in [2.45, 2.75) is 6.54 Å². The molecule has 3 N–H and O–H groups in total. The van der Waals surface area contributed by atoms with Crippen LogP contribution in [0.3, 0.4) is 0 Å². The Labute approximate surface area is 136 Å². The summed E-state index contributed by atoms with van der Waals surface area (Å²) in [5.74, 6) is -0.194. The Balaban J connectivity index is 2.07. The van der Waals surface area contributed by atoms with Crippen LogP contribution in [0.25, 0.3) is 0 Å². The molecule has 122 valence electrons. The fraction of sp³-hybridized carbons (Fsp3) is 0.188. The quantitative estimate of drug-likeness (QED) is 0.753. The average Bonchev–Trinajstić information content (AvgIpc) is 2.55. The number of carbonyl (C=O) groups excluding carboxylic acids is 1. The van der Waals surface area contributed by atoms with Crippen molar-refractivity contribution >= 4 is 21.7 Å². The normalized spacial score (nSPS) is 11.4. The summed E-state index contributed by atoms with van der Waals surface area (Å²) in [5, 5.41) is 0. The van der Waals surface area contributed by atoms with Gasteiger partial charge in [0.25, 0.3) is 0 Å². The molecule has 0 fully saturated rings. The number of ketones is 1. The minimum absolute atomic E-state index is 0.0785. The molecule has 0 aromatic heterocycles. The summed E-state index contributed by atoms with van der Waals surface area (Å²) in [6.45, 7) is 0.185. The highest BCUT2D eigenvalue weighted by Crippen LogP contribution is 2.14. The molecule has 0 aliphatic rings. The summed E-state index contributed by atoms with van der Waals surface area (Å²) in [6.07, 6.45) is 0. The van der Waals surface area contributed by atoms with Crippen molar-refractivity contribution in [2.24, 2.45) is 5.73 Å². The molecular weight excluding hydrogens is 314 g/mol. The Morgan fingerprint density at radius 1 is 1.09 bits per heavy atom. The van der Waals surface area contributed by atoms with E-state index in [1.807, 2.05) is 30.3 Å². The third-order valence-electron chi connectivity index (χ3n) is 3.30. The van der Waals surface area contributed by atoms with Crippen LogP contribution in [-0.4, -0.2) is 32.1 Å². The van der Waals surface area contributed by atoms with E-state index in [0.29, 0.717) is 11.3 Å². The van der Waals surface area contributed by atoms with Gasteiger partial charge < -0.3 is 5.73 Å². The molecule has 0 heterocycles. The first kappa shape index (κ1) is 17.1.